The lowest BCUT2D eigenvalue weighted by molar-refractivity contribution is -0.0404. The number of hydrogen-bond donors (Lipinski definition) is 1. The van der Waals surface area contributed by atoms with Crippen molar-refractivity contribution >= 4 is 0 Å². The Balaban J connectivity index is 2.69. The molecule has 0 spiro atoms. The molecular formula is C12H25NO. The standard InChI is InChI=1S/C12H25NO/c1-9-6-11(14)10(8-13(4)5)12(2,3)7-9/h9-11,14H,6-8H2,1-5H3/t9-,10-,11+/m0/s1. The van der Waals surface area contributed by atoms with Crippen LogP contribution in [0, 0.1) is 17.3 Å². The van der Waals surface area contributed by atoms with E-state index in [1.54, 1.807) is 0 Å². The second-order valence-corrected chi connectivity index (χ2v) is 5.97. The average Bonchev–Trinajstić information content (AvgIpc) is 1.95. The molecule has 1 N–H and O–H groups in total. The lowest BCUT2D eigenvalue weighted by atomic mass is 9.64. The van der Waals surface area contributed by atoms with E-state index in [4.69, 9.17) is 0 Å². The summed E-state index contributed by atoms with van der Waals surface area (Å²) in [6.07, 6.45) is 2.10. The number of nitrogens with zero attached hydrogens (tertiary/aromatic N) is 1. The highest BCUT2D eigenvalue weighted by Gasteiger charge is 2.40. The summed E-state index contributed by atoms with van der Waals surface area (Å²) in [5, 5.41) is 10.1. The summed E-state index contributed by atoms with van der Waals surface area (Å²) >= 11 is 0. The molecule has 0 aromatic carbocycles. The van der Waals surface area contributed by atoms with Gasteiger partial charge >= 0.3 is 0 Å². The molecule has 0 unspecified atom stereocenters. The van der Waals surface area contributed by atoms with Crippen molar-refractivity contribution in [2.45, 2.75) is 39.7 Å². The van der Waals surface area contributed by atoms with Crippen molar-refractivity contribution in [1.82, 2.24) is 4.90 Å². The van der Waals surface area contributed by atoms with E-state index in [0.717, 1.165) is 13.0 Å². The zero-order chi connectivity index (χ0) is 10.9. The van der Waals surface area contributed by atoms with Crippen molar-refractivity contribution < 1.29 is 5.11 Å². The minimum Gasteiger partial charge on any atom is -0.393 e. The Hall–Kier alpha value is -0.0800. The lowest BCUT2D eigenvalue weighted by Crippen LogP contribution is -2.46. The molecule has 0 aromatic heterocycles. The predicted octanol–water partition coefficient (Wildman–Crippen LogP) is 1.98. The fourth-order valence-electron chi connectivity index (χ4n) is 2.99. The number of aliphatic hydroxyl groups excluding tert-OH is 1. The Labute approximate surface area is 88.3 Å². The van der Waals surface area contributed by atoms with Crippen molar-refractivity contribution in [1.29, 1.82) is 0 Å². The molecule has 14 heavy (non-hydrogen) atoms. The van der Waals surface area contributed by atoms with Crippen LogP contribution < -0.4 is 0 Å². The molecule has 1 fully saturated rings. The third-order valence-electron chi connectivity index (χ3n) is 3.55. The average molecular weight is 199 g/mol. The largest absolute Gasteiger partial charge is 0.393 e. The normalized spacial score (nSPS) is 37.5. The summed E-state index contributed by atoms with van der Waals surface area (Å²) in [6.45, 7) is 7.83. The number of aliphatic hydroxyl groups is 1. The molecule has 1 aliphatic carbocycles. The molecule has 0 heterocycles. The quantitative estimate of drug-likeness (QED) is 0.735. The van der Waals surface area contributed by atoms with Crippen LogP contribution in [0.15, 0.2) is 0 Å². The number of rotatable bonds is 2. The van der Waals surface area contributed by atoms with Gasteiger partial charge in [0.05, 0.1) is 6.10 Å². The first-order valence-corrected chi connectivity index (χ1v) is 5.65. The summed E-state index contributed by atoms with van der Waals surface area (Å²) in [6, 6.07) is 0. The SMILES string of the molecule is C[C@H]1C[C@@H](O)[C@H](CN(C)C)C(C)(C)C1. The third-order valence-corrected chi connectivity index (χ3v) is 3.55. The first-order valence-electron chi connectivity index (χ1n) is 5.65. The van der Waals surface area contributed by atoms with Gasteiger partial charge in [-0.15, -0.1) is 0 Å². The molecule has 1 rings (SSSR count). The molecule has 3 atom stereocenters. The minimum atomic E-state index is -0.115. The van der Waals surface area contributed by atoms with E-state index >= 15 is 0 Å². The van der Waals surface area contributed by atoms with Crippen LogP contribution in [0.2, 0.25) is 0 Å². The molecule has 2 nitrogen and oxygen atoms in total. The van der Waals surface area contributed by atoms with E-state index in [2.05, 4.69) is 39.8 Å². The highest BCUT2D eigenvalue weighted by Crippen LogP contribution is 2.43. The van der Waals surface area contributed by atoms with E-state index in [9.17, 15) is 5.11 Å². The van der Waals surface area contributed by atoms with E-state index in [-0.39, 0.29) is 11.5 Å². The molecule has 0 bridgehead atoms. The van der Waals surface area contributed by atoms with Crippen LogP contribution in [0.5, 0.6) is 0 Å². The van der Waals surface area contributed by atoms with Gasteiger partial charge in [-0.1, -0.05) is 20.8 Å². The smallest absolute Gasteiger partial charge is 0.0588 e. The highest BCUT2D eigenvalue weighted by molar-refractivity contribution is 4.91. The first-order chi connectivity index (χ1) is 6.33. The Kier molecular flexibility index (Phi) is 3.59. The Morgan fingerprint density at radius 3 is 2.36 bits per heavy atom. The number of hydrogen-bond acceptors (Lipinski definition) is 2. The first kappa shape index (κ1) is 12.0. The van der Waals surface area contributed by atoms with E-state index in [1.807, 2.05) is 0 Å². The maximum Gasteiger partial charge on any atom is 0.0588 e. The Morgan fingerprint density at radius 2 is 1.93 bits per heavy atom. The third kappa shape index (κ3) is 2.71. The summed E-state index contributed by atoms with van der Waals surface area (Å²) in [7, 11) is 4.17. The van der Waals surface area contributed by atoms with Gasteiger partial charge < -0.3 is 10.0 Å². The summed E-state index contributed by atoms with van der Waals surface area (Å²) in [5.74, 6) is 1.09. The second kappa shape index (κ2) is 4.19. The zero-order valence-corrected chi connectivity index (χ0v) is 10.2. The summed E-state index contributed by atoms with van der Waals surface area (Å²) in [4.78, 5) is 2.19. The van der Waals surface area contributed by atoms with Crippen LogP contribution in [0.1, 0.15) is 33.6 Å². The summed E-state index contributed by atoms with van der Waals surface area (Å²) < 4.78 is 0. The van der Waals surface area contributed by atoms with E-state index < -0.39 is 0 Å². The van der Waals surface area contributed by atoms with Gasteiger partial charge in [0.25, 0.3) is 0 Å². The molecule has 0 aliphatic heterocycles. The van der Waals surface area contributed by atoms with Gasteiger partial charge in [0, 0.05) is 12.5 Å². The van der Waals surface area contributed by atoms with Gasteiger partial charge in [-0.3, -0.25) is 0 Å². The molecular weight excluding hydrogens is 174 g/mol. The monoisotopic (exact) mass is 199 g/mol. The van der Waals surface area contributed by atoms with Gasteiger partial charge in [-0.25, -0.2) is 0 Å². The van der Waals surface area contributed by atoms with Crippen molar-refractivity contribution in [3.63, 3.8) is 0 Å². The van der Waals surface area contributed by atoms with E-state index in [1.165, 1.54) is 6.42 Å². The van der Waals surface area contributed by atoms with Crippen molar-refractivity contribution in [3.05, 3.63) is 0 Å². The van der Waals surface area contributed by atoms with Gasteiger partial charge in [0.1, 0.15) is 0 Å². The molecule has 84 valence electrons. The molecule has 1 aliphatic rings. The highest BCUT2D eigenvalue weighted by atomic mass is 16.3. The Morgan fingerprint density at radius 1 is 1.36 bits per heavy atom. The molecule has 0 aromatic rings. The molecule has 0 radical (unpaired) electrons. The Bertz CT molecular complexity index is 189. The maximum atomic E-state index is 10.1. The van der Waals surface area contributed by atoms with Gasteiger partial charge in [-0.05, 0) is 38.3 Å². The van der Waals surface area contributed by atoms with Crippen LogP contribution in [-0.2, 0) is 0 Å². The summed E-state index contributed by atoms with van der Waals surface area (Å²) in [5.41, 5.74) is 0.279. The molecule has 2 heteroatoms. The maximum absolute atomic E-state index is 10.1. The van der Waals surface area contributed by atoms with Crippen molar-refractivity contribution in [3.8, 4) is 0 Å². The van der Waals surface area contributed by atoms with E-state index in [0.29, 0.717) is 11.8 Å². The van der Waals surface area contributed by atoms with Gasteiger partial charge in [0.2, 0.25) is 0 Å². The van der Waals surface area contributed by atoms with Gasteiger partial charge in [0.15, 0.2) is 0 Å². The predicted molar refractivity (Wildman–Crippen MR) is 60.2 cm³/mol. The second-order valence-electron chi connectivity index (χ2n) is 5.97. The molecule has 0 amide bonds. The zero-order valence-electron chi connectivity index (χ0n) is 10.2. The van der Waals surface area contributed by atoms with Crippen LogP contribution in [0.3, 0.4) is 0 Å². The van der Waals surface area contributed by atoms with Crippen LogP contribution in [-0.4, -0.2) is 36.8 Å². The minimum absolute atomic E-state index is 0.115. The fourth-order valence-corrected chi connectivity index (χ4v) is 2.99. The topological polar surface area (TPSA) is 23.5 Å². The molecule has 0 saturated heterocycles. The van der Waals surface area contributed by atoms with Gasteiger partial charge in [-0.2, -0.15) is 0 Å². The molecule has 1 saturated carbocycles. The van der Waals surface area contributed by atoms with Crippen LogP contribution >= 0.6 is 0 Å². The van der Waals surface area contributed by atoms with Crippen LogP contribution in [0.4, 0.5) is 0 Å². The van der Waals surface area contributed by atoms with Crippen LogP contribution in [0.25, 0.3) is 0 Å². The lowest BCUT2D eigenvalue weighted by Gasteiger charge is -2.45. The van der Waals surface area contributed by atoms with Crippen molar-refractivity contribution in [2.24, 2.45) is 17.3 Å². The van der Waals surface area contributed by atoms with Crippen molar-refractivity contribution in [2.75, 3.05) is 20.6 Å². The fraction of sp³-hybridized carbons (Fsp3) is 1.00.